The summed E-state index contributed by atoms with van der Waals surface area (Å²) in [6, 6.07) is 0. The molecule has 1 nitrogen and oxygen atoms in total. The molecule has 0 N–H and O–H groups in total. The highest BCUT2D eigenvalue weighted by atomic mass is 32.2. The summed E-state index contributed by atoms with van der Waals surface area (Å²) in [7, 11) is 0. The van der Waals surface area contributed by atoms with Gasteiger partial charge in [0, 0.05) is 6.54 Å². The molecule has 2 heteroatoms. The molecule has 22 heavy (non-hydrogen) atoms. The molecule has 1 aliphatic rings. The van der Waals surface area contributed by atoms with E-state index < -0.39 is 0 Å². The van der Waals surface area contributed by atoms with E-state index in [0.29, 0.717) is 0 Å². The van der Waals surface area contributed by atoms with Crippen LogP contribution < -0.4 is 0 Å². The van der Waals surface area contributed by atoms with Crippen molar-refractivity contribution in [3.63, 3.8) is 0 Å². The summed E-state index contributed by atoms with van der Waals surface area (Å²) < 4.78 is 0. The fraction of sp³-hybridized carbons (Fsp3) is 0.550. The first-order valence-corrected chi connectivity index (χ1v) is 9.84. The molecule has 0 aromatic rings. The van der Waals surface area contributed by atoms with Crippen molar-refractivity contribution in [2.24, 2.45) is 0 Å². The van der Waals surface area contributed by atoms with E-state index in [2.05, 4.69) is 54.4 Å². The van der Waals surface area contributed by atoms with Gasteiger partial charge in [-0.3, -0.25) is 0 Å². The third kappa shape index (κ3) is 7.89. The Morgan fingerprint density at radius 3 is 2.73 bits per heavy atom. The van der Waals surface area contributed by atoms with Gasteiger partial charge in [0.25, 0.3) is 0 Å². The van der Waals surface area contributed by atoms with Crippen molar-refractivity contribution in [3.8, 4) is 0 Å². The summed E-state index contributed by atoms with van der Waals surface area (Å²) in [5, 5.41) is 2.30. The average molecular weight is 318 g/mol. The molecule has 0 spiro atoms. The zero-order valence-electron chi connectivity index (χ0n) is 14.5. The standard InChI is InChI=1S/C20H31NS/c1-4-6-11-16-21(15-5-2)17-14-20(18-22-3)19-12-9-7-8-10-13-19/h7,9-10,12-13,18H,4-6,11,14-17H2,1-3H3/b20-18-. The lowest BCUT2D eigenvalue weighted by Crippen LogP contribution is -2.27. The maximum atomic E-state index is 3.14. The molecule has 1 rings (SSSR count). The van der Waals surface area contributed by atoms with Crippen LogP contribution in [0.25, 0.3) is 0 Å². The maximum Gasteiger partial charge on any atom is 0.00222 e. The third-order valence-electron chi connectivity index (χ3n) is 3.77. The lowest BCUT2D eigenvalue weighted by molar-refractivity contribution is 0.271. The van der Waals surface area contributed by atoms with Gasteiger partial charge in [-0.1, -0.05) is 38.8 Å². The molecule has 1 aliphatic carbocycles. The zero-order chi connectivity index (χ0) is 16.0. The number of nitrogens with zero attached hydrogens (tertiary/aromatic N) is 1. The third-order valence-corrected chi connectivity index (χ3v) is 4.29. The number of rotatable bonds is 11. The summed E-state index contributed by atoms with van der Waals surface area (Å²) >= 11 is 1.80. The van der Waals surface area contributed by atoms with Crippen LogP contribution in [-0.4, -0.2) is 30.8 Å². The van der Waals surface area contributed by atoms with Gasteiger partial charge >= 0.3 is 0 Å². The SMILES string of the molecule is CCCCCN(CCC)CC/C(=C/SC)C1=CC=C=CC=C1. The topological polar surface area (TPSA) is 3.24 Å². The van der Waals surface area contributed by atoms with E-state index in [4.69, 9.17) is 0 Å². The van der Waals surface area contributed by atoms with Gasteiger partial charge in [0.15, 0.2) is 0 Å². The monoisotopic (exact) mass is 317 g/mol. The molecule has 0 amide bonds. The zero-order valence-corrected chi connectivity index (χ0v) is 15.3. The van der Waals surface area contributed by atoms with Gasteiger partial charge in [0.2, 0.25) is 0 Å². The van der Waals surface area contributed by atoms with Gasteiger partial charge in [-0.05, 0) is 73.4 Å². The van der Waals surface area contributed by atoms with Crippen molar-refractivity contribution < 1.29 is 0 Å². The van der Waals surface area contributed by atoms with Crippen molar-refractivity contribution >= 4 is 11.8 Å². The smallest absolute Gasteiger partial charge is 0.00222 e. The van der Waals surface area contributed by atoms with Crippen molar-refractivity contribution in [2.45, 2.75) is 46.0 Å². The van der Waals surface area contributed by atoms with Gasteiger partial charge in [0.1, 0.15) is 0 Å². The Labute approximate surface area is 141 Å². The number of thioether (sulfide) groups is 1. The summed E-state index contributed by atoms with van der Waals surface area (Å²) in [6.45, 7) is 8.16. The molecule has 0 radical (unpaired) electrons. The number of hydrogen-bond acceptors (Lipinski definition) is 2. The molecule has 0 atom stereocenters. The minimum absolute atomic E-state index is 1.12. The van der Waals surface area contributed by atoms with Gasteiger partial charge in [-0.15, -0.1) is 17.5 Å². The minimum Gasteiger partial charge on any atom is -0.303 e. The summed E-state index contributed by atoms with van der Waals surface area (Å²) in [6.07, 6.45) is 18.9. The van der Waals surface area contributed by atoms with E-state index in [1.807, 2.05) is 12.2 Å². The molecule has 0 heterocycles. The maximum absolute atomic E-state index is 3.14. The quantitative estimate of drug-likeness (QED) is 0.353. The number of unbranched alkanes of at least 4 members (excludes halogenated alkanes) is 2. The van der Waals surface area contributed by atoms with Crippen LogP contribution in [0.2, 0.25) is 0 Å². The highest BCUT2D eigenvalue weighted by Crippen LogP contribution is 2.21. The van der Waals surface area contributed by atoms with Crippen LogP contribution in [-0.2, 0) is 0 Å². The second-order valence-corrected chi connectivity index (χ2v) is 6.37. The Balaban J connectivity index is 2.60. The molecule has 0 saturated heterocycles. The fourth-order valence-electron chi connectivity index (χ4n) is 2.60. The van der Waals surface area contributed by atoms with Crippen LogP contribution in [0.1, 0.15) is 46.0 Å². The Morgan fingerprint density at radius 2 is 2.00 bits per heavy atom. The van der Waals surface area contributed by atoms with Crippen LogP contribution >= 0.6 is 11.8 Å². The first-order valence-electron chi connectivity index (χ1n) is 8.55. The molecule has 0 unspecified atom stereocenters. The second-order valence-electron chi connectivity index (χ2n) is 5.66. The highest BCUT2D eigenvalue weighted by molar-refractivity contribution is 8.01. The molecule has 0 fully saturated rings. The van der Waals surface area contributed by atoms with E-state index in [1.54, 1.807) is 11.8 Å². The van der Waals surface area contributed by atoms with Crippen molar-refractivity contribution in [3.05, 3.63) is 52.7 Å². The largest absolute Gasteiger partial charge is 0.303 e. The van der Waals surface area contributed by atoms with Gasteiger partial charge in [0.05, 0.1) is 0 Å². The van der Waals surface area contributed by atoms with Crippen molar-refractivity contribution in [1.82, 2.24) is 4.90 Å². The molecule has 122 valence electrons. The van der Waals surface area contributed by atoms with E-state index in [-0.39, 0.29) is 0 Å². The predicted octanol–water partition coefficient (Wildman–Crippen LogP) is 5.73. The molecule has 0 bridgehead atoms. The van der Waals surface area contributed by atoms with Crippen LogP contribution in [0.5, 0.6) is 0 Å². The Bertz CT molecular complexity index is 450. The minimum atomic E-state index is 1.12. The summed E-state index contributed by atoms with van der Waals surface area (Å²) in [4.78, 5) is 2.62. The molecule has 0 aromatic carbocycles. The lowest BCUT2D eigenvalue weighted by Gasteiger charge is -2.22. The van der Waals surface area contributed by atoms with Crippen molar-refractivity contribution in [1.29, 1.82) is 0 Å². The van der Waals surface area contributed by atoms with Crippen molar-refractivity contribution in [2.75, 3.05) is 25.9 Å². The van der Waals surface area contributed by atoms with Crippen LogP contribution in [0.15, 0.2) is 52.7 Å². The summed E-state index contributed by atoms with van der Waals surface area (Å²) in [5.74, 6) is 0. The summed E-state index contributed by atoms with van der Waals surface area (Å²) in [5.41, 5.74) is 5.89. The van der Waals surface area contributed by atoms with Gasteiger partial charge < -0.3 is 4.90 Å². The van der Waals surface area contributed by atoms with E-state index in [0.717, 1.165) is 13.0 Å². The van der Waals surface area contributed by atoms with Crippen LogP contribution in [0.3, 0.4) is 0 Å². The molecule has 0 aromatic heterocycles. The van der Waals surface area contributed by atoms with Crippen LogP contribution in [0.4, 0.5) is 0 Å². The lowest BCUT2D eigenvalue weighted by atomic mass is 10.0. The second kappa shape index (κ2) is 12.6. The van der Waals surface area contributed by atoms with E-state index >= 15 is 0 Å². The number of hydrogen-bond donors (Lipinski definition) is 0. The number of allylic oxidation sites excluding steroid dienone is 5. The molecule has 0 aliphatic heterocycles. The first-order chi connectivity index (χ1) is 10.8. The normalized spacial score (nSPS) is 14.5. The van der Waals surface area contributed by atoms with Gasteiger partial charge in [-0.2, -0.15) is 0 Å². The van der Waals surface area contributed by atoms with Gasteiger partial charge in [-0.25, -0.2) is 0 Å². The molecular weight excluding hydrogens is 286 g/mol. The molecule has 0 saturated carbocycles. The highest BCUT2D eigenvalue weighted by Gasteiger charge is 2.08. The first kappa shape index (κ1) is 19.1. The van der Waals surface area contributed by atoms with Crippen LogP contribution in [0, 0.1) is 0 Å². The Morgan fingerprint density at radius 1 is 1.14 bits per heavy atom. The average Bonchev–Trinajstić information content (AvgIpc) is 2.80. The van der Waals surface area contributed by atoms with E-state index in [9.17, 15) is 0 Å². The predicted molar refractivity (Wildman–Crippen MR) is 102 cm³/mol. The Hall–Kier alpha value is -0.950. The molecular formula is C20H31NS. The fourth-order valence-corrected chi connectivity index (χ4v) is 3.14. The Kier molecular flexibility index (Phi) is 10.9. The van der Waals surface area contributed by atoms with E-state index in [1.165, 1.54) is 49.9 Å².